The summed E-state index contributed by atoms with van der Waals surface area (Å²) in [5.74, 6) is -2.70. The number of hydrogen-bond acceptors (Lipinski definition) is 4. The molecule has 0 saturated heterocycles. The predicted molar refractivity (Wildman–Crippen MR) is 126 cm³/mol. The molecule has 0 heterocycles. The lowest BCUT2D eigenvalue weighted by molar-refractivity contribution is -0.147. The van der Waals surface area contributed by atoms with Crippen molar-refractivity contribution in [1.29, 1.82) is 0 Å². The van der Waals surface area contributed by atoms with Gasteiger partial charge in [0.1, 0.15) is 6.04 Å². The number of aliphatic hydroxyl groups excluding tert-OH is 1. The van der Waals surface area contributed by atoms with Crippen LogP contribution in [0.5, 0.6) is 0 Å². The quantitative estimate of drug-likeness (QED) is 0.367. The average Bonchev–Trinajstić information content (AvgIpc) is 2.84. The average molecular weight is 463 g/mol. The Morgan fingerprint density at radius 1 is 0.735 bits per heavy atom. The Kier molecular flexibility index (Phi) is 8.37. The van der Waals surface area contributed by atoms with Crippen LogP contribution in [0.4, 0.5) is 4.79 Å². The van der Waals surface area contributed by atoms with Gasteiger partial charge in [0.15, 0.2) is 6.10 Å². The number of carbonyl (C=O) groups is 3. The second-order valence-electron chi connectivity index (χ2n) is 7.83. The van der Waals surface area contributed by atoms with Gasteiger partial charge in [0.05, 0.1) is 6.54 Å². The minimum atomic E-state index is -1.80. The van der Waals surface area contributed by atoms with E-state index in [1.807, 2.05) is 42.5 Å². The van der Waals surface area contributed by atoms with Gasteiger partial charge in [-0.05, 0) is 22.3 Å². The highest BCUT2D eigenvalue weighted by Gasteiger charge is 2.27. The highest BCUT2D eigenvalue weighted by Crippen LogP contribution is 2.20. The molecule has 4 N–H and O–H groups in total. The second kappa shape index (κ2) is 11.6. The summed E-state index contributed by atoms with van der Waals surface area (Å²) in [5.41, 5.74) is 3.44. The summed E-state index contributed by atoms with van der Waals surface area (Å²) < 4.78 is 0. The number of urea groups is 1. The largest absolute Gasteiger partial charge is 0.480 e. The Hall–Kier alpha value is -4.17. The van der Waals surface area contributed by atoms with Crippen molar-refractivity contribution in [3.8, 4) is 11.1 Å². The summed E-state index contributed by atoms with van der Waals surface area (Å²) in [4.78, 5) is 37.0. The molecule has 0 spiro atoms. The van der Waals surface area contributed by atoms with Crippen LogP contribution in [0.3, 0.4) is 0 Å². The third kappa shape index (κ3) is 6.91. The van der Waals surface area contributed by atoms with Crippen LogP contribution >= 0.6 is 0 Å². The standard InChI is InChI=1S/C26H26N2O6/c29-23(25(32)33)17-28(16-19-7-3-1-4-8-19)26(34)27-22(24(30)31)15-18-11-13-21(14-12-18)20-9-5-2-6-10-20/h1-14,22-23,29H,15-17H2,(H,27,34)(H,30,31)(H,32,33)/t22-,23?/m0/s1. The van der Waals surface area contributed by atoms with Crippen LogP contribution in [-0.2, 0) is 22.6 Å². The molecule has 0 aliphatic carbocycles. The lowest BCUT2D eigenvalue weighted by Crippen LogP contribution is -2.51. The normalized spacial score (nSPS) is 12.4. The molecule has 1 unspecified atom stereocenters. The van der Waals surface area contributed by atoms with Gasteiger partial charge in [-0.3, -0.25) is 0 Å². The number of carboxylic acid groups (broad SMARTS) is 2. The molecule has 0 aliphatic rings. The first kappa shape index (κ1) is 24.5. The minimum Gasteiger partial charge on any atom is -0.480 e. The highest BCUT2D eigenvalue weighted by molar-refractivity contribution is 5.83. The number of aliphatic hydroxyl groups is 1. The molecule has 0 radical (unpaired) electrons. The summed E-state index contributed by atoms with van der Waals surface area (Å²) >= 11 is 0. The summed E-state index contributed by atoms with van der Waals surface area (Å²) in [5, 5.41) is 31.0. The fourth-order valence-corrected chi connectivity index (χ4v) is 3.45. The minimum absolute atomic E-state index is 0.00905. The van der Waals surface area contributed by atoms with Gasteiger partial charge in [0, 0.05) is 13.0 Å². The van der Waals surface area contributed by atoms with Gasteiger partial charge >= 0.3 is 18.0 Å². The zero-order chi connectivity index (χ0) is 24.5. The van der Waals surface area contributed by atoms with E-state index in [0.29, 0.717) is 11.1 Å². The van der Waals surface area contributed by atoms with Crippen LogP contribution in [0.1, 0.15) is 11.1 Å². The molecule has 3 aromatic rings. The van der Waals surface area contributed by atoms with Crippen LogP contribution in [0.2, 0.25) is 0 Å². The molecule has 176 valence electrons. The van der Waals surface area contributed by atoms with E-state index in [-0.39, 0.29) is 13.0 Å². The third-order valence-corrected chi connectivity index (χ3v) is 5.28. The first-order chi connectivity index (χ1) is 16.3. The van der Waals surface area contributed by atoms with Crippen molar-refractivity contribution in [2.75, 3.05) is 6.54 Å². The fraction of sp³-hybridized carbons (Fsp3) is 0.192. The SMILES string of the molecule is O=C(O)C(O)CN(Cc1ccccc1)C(=O)N[C@@H](Cc1ccc(-c2ccccc2)cc1)C(=O)O. The van der Waals surface area contributed by atoms with Crippen molar-refractivity contribution < 1.29 is 29.7 Å². The smallest absolute Gasteiger partial charge is 0.334 e. The maximum atomic E-state index is 12.9. The Morgan fingerprint density at radius 2 is 1.29 bits per heavy atom. The molecular weight excluding hydrogens is 436 g/mol. The van der Waals surface area contributed by atoms with Gasteiger partial charge < -0.3 is 25.5 Å². The molecular formula is C26H26N2O6. The van der Waals surface area contributed by atoms with E-state index in [1.54, 1.807) is 42.5 Å². The number of benzene rings is 3. The lowest BCUT2D eigenvalue weighted by atomic mass is 10.0. The third-order valence-electron chi connectivity index (χ3n) is 5.28. The zero-order valence-corrected chi connectivity index (χ0v) is 18.4. The molecule has 8 nitrogen and oxygen atoms in total. The zero-order valence-electron chi connectivity index (χ0n) is 18.4. The van der Waals surface area contributed by atoms with E-state index in [0.717, 1.165) is 16.0 Å². The molecule has 3 rings (SSSR count). The first-order valence-electron chi connectivity index (χ1n) is 10.7. The van der Waals surface area contributed by atoms with Crippen molar-refractivity contribution in [2.24, 2.45) is 0 Å². The van der Waals surface area contributed by atoms with Crippen LogP contribution < -0.4 is 5.32 Å². The van der Waals surface area contributed by atoms with Gasteiger partial charge in [-0.25, -0.2) is 14.4 Å². The molecule has 2 amide bonds. The van der Waals surface area contributed by atoms with Gasteiger partial charge in [-0.15, -0.1) is 0 Å². The summed E-state index contributed by atoms with van der Waals surface area (Å²) in [6, 6.07) is 23.9. The Bertz CT molecular complexity index is 1100. The van der Waals surface area contributed by atoms with Gasteiger partial charge in [-0.2, -0.15) is 0 Å². The highest BCUT2D eigenvalue weighted by atomic mass is 16.4. The number of nitrogens with one attached hydrogen (secondary N) is 1. The Morgan fingerprint density at radius 3 is 1.85 bits per heavy atom. The van der Waals surface area contributed by atoms with Crippen molar-refractivity contribution >= 4 is 18.0 Å². The van der Waals surface area contributed by atoms with Gasteiger partial charge in [0.2, 0.25) is 0 Å². The van der Waals surface area contributed by atoms with Crippen LogP contribution in [-0.4, -0.2) is 56.9 Å². The Balaban J connectivity index is 1.72. The molecule has 0 bridgehead atoms. The van der Waals surface area contributed by atoms with E-state index >= 15 is 0 Å². The molecule has 8 heteroatoms. The van der Waals surface area contributed by atoms with E-state index in [9.17, 15) is 24.6 Å². The molecule has 0 aromatic heterocycles. The molecule has 34 heavy (non-hydrogen) atoms. The number of carbonyl (C=O) groups excluding carboxylic acids is 1. The predicted octanol–water partition coefficient (Wildman–Crippen LogP) is 3.01. The Labute approximate surface area is 197 Å². The lowest BCUT2D eigenvalue weighted by Gasteiger charge is -2.26. The maximum Gasteiger partial charge on any atom is 0.334 e. The van der Waals surface area contributed by atoms with Gasteiger partial charge in [-0.1, -0.05) is 84.9 Å². The second-order valence-corrected chi connectivity index (χ2v) is 7.83. The molecule has 0 fully saturated rings. The van der Waals surface area contributed by atoms with Crippen molar-refractivity contribution in [3.63, 3.8) is 0 Å². The van der Waals surface area contributed by atoms with E-state index in [2.05, 4.69) is 5.32 Å². The summed E-state index contributed by atoms with van der Waals surface area (Å²) in [6.45, 7) is -0.483. The van der Waals surface area contributed by atoms with E-state index < -0.39 is 36.7 Å². The van der Waals surface area contributed by atoms with Gasteiger partial charge in [0.25, 0.3) is 0 Å². The number of hydrogen-bond donors (Lipinski definition) is 4. The molecule has 3 aromatic carbocycles. The molecule has 0 saturated carbocycles. The summed E-state index contributed by atoms with van der Waals surface area (Å²) in [7, 11) is 0. The van der Waals surface area contributed by atoms with Crippen LogP contribution in [0.15, 0.2) is 84.9 Å². The topological polar surface area (TPSA) is 127 Å². The molecule has 2 atom stereocenters. The first-order valence-corrected chi connectivity index (χ1v) is 10.7. The van der Waals surface area contributed by atoms with Crippen LogP contribution in [0.25, 0.3) is 11.1 Å². The number of nitrogens with zero attached hydrogens (tertiary/aromatic N) is 1. The van der Waals surface area contributed by atoms with Crippen molar-refractivity contribution in [3.05, 3.63) is 96.1 Å². The maximum absolute atomic E-state index is 12.9. The van der Waals surface area contributed by atoms with Crippen molar-refractivity contribution in [2.45, 2.75) is 25.1 Å². The number of aliphatic carboxylic acids is 2. The van der Waals surface area contributed by atoms with Crippen molar-refractivity contribution in [1.82, 2.24) is 10.2 Å². The number of amides is 2. The number of carboxylic acids is 2. The summed E-state index contributed by atoms with van der Waals surface area (Å²) in [6.07, 6.45) is -1.76. The fourth-order valence-electron chi connectivity index (χ4n) is 3.45. The van der Waals surface area contributed by atoms with E-state index in [1.165, 1.54) is 0 Å². The van der Waals surface area contributed by atoms with E-state index in [4.69, 9.17) is 5.11 Å². The number of rotatable bonds is 10. The monoisotopic (exact) mass is 462 g/mol. The molecule has 0 aliphatic heterocycles. The van der Waals surface area contributed by atoms with Crippen LogP contribution in [0, 0.1) is 0 Å².